The minimum absolute atomic E-state index is 0.0567. The van der Waals surface area contributed by atoms with Crippen molar-refractivity contribution in [3.05, 3.63) is 28.2 Å². The zero-order chi connectivity index (χ0) is 14.6. The molecular weight excluding hydrogens is 309 g/mol. The third-order valence-electron chi connectivity index (χ3n) is 2.49. The summed E-state index contributed by atoms with van der Waals surface area (Å²) in [5, 5.41) is 9.34. The van der Waals surface area contributed by atoms with Crippen molar-refractivity contribution >= 4 is 33.2 Å². The molecule has 0 saturated heterocycles. The van der Waals surface area contributed by atoms with Gasteiger partial charge in [0.25, 0.3) is 0 Å². The molecule has 0 fully saturated rings. The summed E-state index contributed by atoms with van der Waals surface area (Å²) in [6.45, 7) is 3.61. The molecule has 1 atom stereocenters. The Kier molecular flexibility index (Phi) is 6.08. The van der Waals surface area contributed by atoms with Crippen molar-refractivity contribution in [1.82, 2.24) is 4.72 Å². The summed E-state index contributed by atoms with van der Waals surface area (Å²) < 4.78 is 26.9. The van der Waals surface area contributed by atoms with Gasteiger partial charge in [0.1, 0.15) is 4.90 Å². The Morgan fingerprint density at radius 2 is 1.79 bits per heavy atom. The first kappa shape index (κ1) is 16.7. The standard InChI is InChI=1S/C12H17Cl2NO3S/c1-8(2)6-9(7-16)15-19(17,18)12-10(13)4-3-5-11(12)14/h3-5,8-9,15-16H,6-7H2,1-2H3. The van der Waals surface area contributed by atoms with E-state index in [0.29, 0.717) is 6.42 Å². The molecule has 1 aromatic rings. The van der Waals surface area contributed by atoms with Gasteiger partial charge in [-0.3, -0.25) is 0 Å². The molecule has 7 heteroatoms. The number of nitrogens with one attached hydrogen (secondary N) is 1. The molecule has 0 spiro atoms. The summed E-state index contributed by atoms with van der Waals surface area (Å²) in [6, 6.07) is 3.93. The van der Waals surface area contributed by atoms with Gasteiger partial charge in [0.15, 0.2) is 0 Å². The van der Waals surface area contributed by atoms with Crippen molar-refractivity contribution in [3.63, 3.8) is 0 Å². The highest BCUT2D eigenvalue weighted by Gasteiger charge is 2.25. The zero-order valence-corrected chi connectivity index (χ0v) is 13.1. The van der Waals surface area contributed by atoms with Crippen LogP contribution in [-0.4, -0.2) is 26.2 Å². The average Bonchev–Trinajstić information content (AvgIpc) is 2.26. The second-order valence-electron chi connectivity index (χ2n) is 4.68. The molecule has 108 valence electrons. The summed E-state index contributed by atoms with van der Waals surface area (Å²) >= 11 is 11.8. The van der Waals surface area contributed by atoms with E-state index < -0.39 is 16.1 Å². The zero-order valence-electron chi connectivity index (χ0n) is 10.7. The third-order valence-corrected chi connectivity index (χ3v) is 4.96. The lowest BCUT2D eigenvalue weighted by Crippen LogP contribution is -2.38. The Balaban J connectivity index is 3.04. The van der Waals surface area contributed by atoms with Crippen LogP contribution in [0.5, 0.6) is 0 Å². The molecule has 0 aliphatic carbocycles. The molecule has 0 saturated carbocycles. The van der Waals surface area contributed by atoms with E-state index in [1.165, 1.54) is 12.1 Å². The van der Waals surface area contributed by atoms with Crippen molar-refractivity contribution in [1.29, 1.82) is 0 Å². The second kappa shape index (κ2) is 6.90. The van der Waals surface area contributed by atoms with Gasteiger partial charge in [-0.15, -0.1) is 0 Å². The van der Waals surface area contributed by atoms with E-state index in [4.69, 9.17) is 23.2 Å². The summed E-state index contributed by atoms with van der Waals surface area (Å²) in [6.07, 6.45) is 0.526. The fourth-order valence-electron chi connectivity index (χ4n) is 1.75. The van der Waals surface area contributed by atoms with Gasteiger partial charge < -0.3 is 5.11 Å². The van der Waals surface area contributed by atoms with Gasteiger partial charge >= 0.3 is 0 Å². The van der Waals surface area contributed by atoms with Crippen LogP contribution in [0.1, 0.15) is 20.3 Å². The summed E-state index contributed by atoms with van der Waals surface area (Å²) in [7, 11) is -3.85. The van der Waals surface area contributed by atoms with Crippen molar-refractivity contribution in [2.75, 3.05) is 6.61 Å². The van der Waals surface area contributed by atoms with E-state index in [1.807, 2.05) is 13.8 Å². The summed E-state index contributed by atoms with van der Waals surface area (Å²) in [4.78, 5) is -0.152. The quantitative estimate of drug-likeness (QED) is 0.845. The van der Waals surface area contributed by atoms with E-state index in [0.717, 1.165) is 0 Å². The minimum atomic E-state index is -3.85. The summed E-state index contributed by atoms with van der Waals surface area (Å²) in [5.41, 5.74) is 0. The van der Waals surface area contributed by atoms with Gasteiger partial charge in [0, 0.05) is 6.04 Å². The molecule has 1 unspecified atom stereocenters. The van der Waals surface area contributed by atoms with Gasteiger partial charge in [-0.2, -0.15) is 0 Å². The molecule has 1 aromatic carbocycles. The van der Waals surface area contributed by atoms with Crippen LogP contribution in [0, 0.1) is 5.92 Å². The Hall–Kier alpha value is -0.330. The van der Waals surface area contributed by atoms with Gasteiger partial charge in [-0.1, -0.05) is 43.1 Å². The molecule has 0 aliphatic heterocycles. The molecule has 19 heavy (non-hydrogen) atoms. The first-order chi connectivity index (χ1) is 8.77. The molecule has 0 radical (unpaired) electrons. The first-order valence-corrected chi connectivity index (χ1v) is 8.09. The van der Waals surface area contributed by atoms with E-state index in [9.17, 15) is 13.5 Å². The lowest BCUT2D eigenvalue weighted by Gasteiger charge is -2.19. The molecule has 2 N–H and O–H groups in total. The van der Waals surface area contributed by atoms with E-state index in [2.05, 4.69) is 4.72 Å². The lowest BCUT2D eigenvalue weighted by molar-refractivity contribution is 0.240. The molecule has 0 bridgehead atoms. The molecule has 0 aromatic heterocycles. The number of aliphatic hydroxyl groups is 1. The maximum Gasteiger partial charge on any atom is 0.243 e. The van der Waals surface area contributed by atoms with Crippen LogP contribution in [0.4, 0.5) is 0 Å². The van der Waals surface area contributed by atoms with Crippen LogP contribution in [0.3, 0.4) is 0 Å². The predicted octanol–water partition coefficient (Wildman–Crippen LogP) is 2.68. The number of hydrogen-bond donors (Lipinski definition) is 2. The Morgan fingerprint density at radius 3 is 2.21 bits per heavy atom. The smallest absolute Gasteiger partial charge is 0.243 e. The Bertz CT molecular complexity index is 512. The highest BCUT2D eigenvalue weighted by molar-refractivity contribution is 7.89. The summed E-state index contributed by atoms with van der Waals surface area (Å²) in [5.74, 6) is 0.251. The Labute approximate surface area is 123 Å². The highest BCUT2D eigenvalue weighted by atomic mass is 35.5. The van der Waals surface area contributed by atoms with Crippen LogP contribution >= 0.6 is 23.2 Å². The number of benzene rings is 1. The highest BCUT2D eigenvalue weighted by Crippen LogP contribution is 2.29. The van der Waals surface area contributed by atoms with Crippen LogP contribution in [0.2, 0.25) is 10.0 Å². The topological polar surface area (TPSA) is 66.4 Å². The van der Waals surface area contributed by atoms with Crippen molar-refractivity contribution in [2.24, 2.45) is 5.92 Å². The van der Waals surface area contributed by atoms with Gasteiger partial charge in [0.05, 0.1) is 16.7 Å². The molecule has 4 nitrogen and oxygen atoms in total. The van der Waals surface area contributed by atoms with Gasteiger partial charge in [0.2, 0.25) is 10.0 Å². The van der Waals surface area contributed by atoms with Crippen LogP contribution in [0.15, 0.2) is 23.1 Å². The molecular formula is C12H17Cl2NO3S. The molecule has 0 heterocycles. The van der Waals surface area contributed by atoms with Gasteiger partial charge in [-0.05, 0) is 24.5 Å². The Morgan fingerprint density at radius 1 is 1.26 bits per heavy atom. The van der Waals surface area contributed by atoms with Crippen molar-refractivity contribution in [2.45, 2.75) is 31.2 Å². The van der Waals surface area contributed by atoms with Crippen molar-refractivity contribution in [3.8, 4) is 0 Å². The number of halogens is 2. The predicted molar refractivity (Wildman–Crippen MR) is 77.1 cm³/mol. The van der Waals surface area contributed by atoms with E-state index >= 15 is 0 Å². The molecule has 0 amide bonds. The molecule has 1 rings (SSSR count). The lowest BCUT2D eigenvalue weighted by atomic mass is 10.1. The van der Waals surface area contributed by atoms with E-state index in [-0.39, 0.29) is 27.5 Å². The number of rotatable bonds is 6. The number of sulfonamides is 1. The first-order valence-electron chi connectivity index (χ1n) is 5.85. The normalized spacial score (nSPS) is 13.8. The fourth-order valence-corrected chi connectivity index (χ4v) is 4.13. The van der Waals surface area contributed by atoms with Crippen molar-refractivity contribution < 1.29 is 13.5 Å². The maximum atomic E-state index is 12.2. The molecule has 0 aliphatic rings. The van der Waals surface area contributed by atoms with Crippen LogP contribution in [0.25, 0.3) is 0 Å². The van der Waals surface area contributed by atoms with Crippen LogP contribution < -0.4 is 4.72 Å². The number of hydrogen-bond acceptors (Lipinski definition) is 3. The third kappa shape index (κ3) is 4.61. The minimum Gasteiger partial charge on any atom is -0.395 e. The van der Waals surface area contributed by atoms with Crippen LogP contribution in [-0.2, 0) is 10.0 Å². The maximum absolute atomic E-state index is 12.2. The largest absolute Gasteiger partial charge is 0.395 e. The van der Waals surface area contributed by atoms with Gasteiger partial charge in [-0.25, -0.2) is 13.1 Å². The van der Waals surface area contributed by atoms with E-state index in [1.54, 1.807) is 6.07 Å². The SMILES string of the molecule is CC(C)CC(CO)NS(=O)(=O)c1c(Cl)cccc1Cl. The average molecular weight is 326 g/mol. The second-order valence-corrected chi connectivity index (χ2v) is 7.15. The number of aliphatic hydroxyl groups excluding tert-OH is 1. The fraction of sp³-hybridized carbons (Fsp3) is 0.500. The monoisotopic (exact) mass is 325 g/mol.